The summed E-state index contributed by atoms with van der Waals surface area (Å²) in [4.78, 5) is 13.9. The number of rotatable bonds is 4. The van der Waals surface area contributed by atoms with Crippen LogP contribution in [0, 0.1) is 5.92 Å². The summed E-state index contributed by atoms with van der Waals surface area (Å²) in [5.74, 6) is 0.905. The molecule has 3 atom stereocenters. The van der Waals surface area contributed by atoms with Gasteiger partial charge >= 0.3 is 0 Å². The maximum atomic E-state index is 11.4. The third-order valence-electron chi connectivity index (χ3n) is 4.34. The van der Waals surface area contributed by atoms with E-state index in [4.69, 9.17) is 5.73 Å². The van der Waals surface area contributed by atoms with E-state index in [0.717, 1.165) is 38.9 Å². The Balaban J connectivity index is 1.90. The lowest BCUT2D eigenvalue weighted by atomic mass is 9.84. The smallest absolute Gasteiger partial charge is 0.220 e. The van der Waals surface area contributed by atoms with Crippen LogP contribution >= 0.6 is 0 Å². The van der Waals surface area contributed by atoms with Gasteiger partial charge in [0.15, 0.2) is 0 Å². The molecule has 98 valence electrons. The van der Waals surface area contributed by atoms with Gasteiger partial charge in [-0.15, -0.1) is 0 Å². The minimum atomic E-state index is 0.244. The largest absolute Gasteiger partial charge is 0.353 e. The van der Waals surface area contributed by atoms with E-state index in [1.165, 1.54) is 6.42 Å². The Morgan fingerprint density at radius 1 is 1.53 bits per heavy atom. The number of hydrogen-bond donors (Lipinski definition) is 2. The van der Waals surface area contributed by atoms with E-state index in [9.17, 15) is 4.79 Å². The van der Waals surface area contributed by atoms with E-state index in [1.807, 2.05) is 0 Å². The van der Waals surface area contributed by atoms with Gasteiger partial charge < -0.3 is 11.1 Å². The Bertz CT molecular complexity index is 269. The fourth-order valence-corrected chi connectivity index (χ4v) is 3.31. The molecule has 4 nitrogen and oxygen atoms in total. The molecule has 17 heavy (non-hydrogen) atoms. The first kappa shape index (κ1) is 12.8. The van der Waals surface area contributed by atoms with Gasteiger partial charge in [0.05, 0.1) is 0 Å². The van der Waals surface area contributed by atoms with Crippen LogP contribution in [0.1, 0.15) is 39.0 Å². The zero-order valence-electron chi connectivity index (χ0n) is 10.8. The van der Waals surface area contributed by atoms with Crippen LogP contribution in [0.2, 0.25) is 0 Å². The minimum Gasteiger partial charge on any atom is -0.353 e. The highest BCUT2D eigenvalue weighted by Crippen LogP contribution is 2.27. The van der Waals surface area contributed by atoms with Crippen LogP contribution in [-0.4, -0.2) is 42.5 Å². The normalized spacial score (nSPS) is 31.8. The summed E-state index contributed by atoms with van der Waals surface area (Å²) < 4.78 is 0. The first-order valence-corrected chi connectivity index (χ1v) is 6.98. The molecule has 0 aromatic heterocycles. The maximum absolute atomic E-state index is 11.4. The molecule has 2 rings (SSSR count). The van der Waals surface area contributed by atoms with Crippen molar-refractivity contribution in [1.29, 1.82) is 0 Å². The predicted octanol–water partition coefficient (Wildman–Crippen LogP) is 0.714. The lowest BCUT2D eigenvalue weighted by Gasteiger charge is -2.44. The van der Waals surface area contributed by atoms with Crippen LogP contribution in [-0.2, 0) is 4.79 Å². The Morgan fingerprint density at radius 3 is 3.06 bits per heavy atom. The summed E-state index contributed by atoms with van der Waals surface area (Å²) >= 11 is 0. The predicted molar refractivity (Wildman–Crippen MR) is 68.6 cm³/mol. The molecule has 0 aromatic carbocycles. The SMILES string of the molecule is CCC(CCN)N1CCC2NC(=O)CCC2C1. The fourth-order valence-electron chi connectivity index (χ4n) is 3.31. The number of carbonyl (C=O) groups is 1. The molecule has 4 heteroatoms. The highest BCUT2D eigenvalue weighted by atomic mass is 16.1. The van der Waals surface area contributed by atoms with Crippen molar-refractivity contribution in [2.24, 2.45) is 11.7 Å². The third kappa shape index (κ3) is 2.99. The van der Waals surface area contributed by atoms with Gasteiger partial charge in [0.25, 0.3) is 0 Å². The van der Waals surface area contributed by atoms with E-state index in [0.29, 0.717) is 24.4 Å². The number of nitrogens with zero attached hydrogens (tertiary/aromatic N) is 1. The number of nitrogens with one attached hydrogen (secondary N) is 1. The monoisotopic (exact) mass is 239 g/mol. The molecule has 0 saturated carbocycles. The molecular formula is C13H25N3O. The summed E-state index contributed by atoms with van der Waals surface area (Å²) in [6, 6.07) is 1.07. The number of carbonyl (C=O) groups excluding carboxylic acids is 1. The molecule has 3 N–H and O–H groups in total. The Hall–Kier alpha value is -0.610. The van der Waals surface area contributed by atoms with Crippen molar-refractivity contribution >= 4 is 5.91 Å². The van der Waals surface area contributed by atoms with Crippen LogP contribution in [0.25, 0.3) is 0 Å². The van der Waals surface area contributed by atoms with Gasteiger partial charge in [0, 0.05) is 31.6 Å². The highest BCUT2D eigenvalue weighted by Gasteiger charge is 2.35. The second-order valence-corrected chi connectivity index (χ2v) is 5.40. The summed E-state index contributed by atoms with van der Waals surface area (Å²) in [5.41, 5.74) is 5.68. The molecule has 2 aliphatic heterocycles. The number of amides is 1. The van der Waals surface area contributed by atoms with E-state index in [1.54, 1.807) is 0 Å². The van der Waals surface area contributed by atoms with Crippen molar-refractivity contribution in [3.8, 4) is 0 Å². The molecule has 2 fully saturated rings. The van der Waals surface area contributed by atoms with E-state index in [-0.39, 0.29) is 5.91 Å². The Labute approximate surface area is 104 Å². The first-order valence-electron chi connectivity index (χ1n) is 6.98. The van der Waals surface area contributed by atoms with E-state index < -0.39 is 0 Å². The molecule has 2 heterocycles. The van der Waals surface area contributed by atoms with Gasteiger partial charge in [0.2, 0.25) is 5.91 Å². The van der Waals surface area contributed by atoms with Crippen LogP contribution in [0.4, 0.5) is 0 Å². The van der Waals surface area contributed by atoms with Crippen LogP contribution < -0.4 is 11.1 Å². The molecule has 2 aliphatic rings. The molecule has 3 unspecified atom stereocenters. The lowest BCUT2D eigenvalue weighted by Crippen LogP contribution is -2.56. The minimum absolute atomic E-state index is 0.244. The summed E-state index contributed by atoms with van der Waals surface area (Å²) in [7, 11) is 0. The van der Waals surface area contributed by atoms with Crippen LogP contribution in [0.3, 0.4) is 0 Å². The van der Waals surface area contributed by atoms with Gasteiger partial charge in [-0.25, -0.2) is 0 Å². The Morgan fingerprint density at radius 2 is 2.35 bits per heavy atom. The van der Waals surface area contributed by atoms with Gasteiger partial charge in [-0.3, -0.25) is 9.69 Å². The first-order chi connectivity index (χ1) is 8.24. The summed E-state index contributed by atoms with van der Waals surface area (Å²) in [6.45, 7) is 5.28. The number of likely N-dealkylation sites (tertiary alicyclic amines) is 1. The average molecular weight is 239 g/mol. The standard InChI is InChI=1S/C13H25N3O/c1-2-11(5-7-14)16-8-6-12-10(9-16)3-4-13(17)15-12/h10-12H,2-9,14H2,1H3,(H,15,17). The van der Waals surface area contributed by atoms with E-state index >= 15 is 0 Å². The summed E-state index contributed by atoms with van der Waals surface area (Å²) in [6.07, 6.45) is 5.16. The molecule has 0 bridgehead atoms. The molecule has 2 saturated heterocycles. The fraction of sp³-hybridized carbons (Fsp3) is 0.923. The number of fused-ring (bicyclic) bond motifs is 1. The topological polar surface area (TPSA) is 58.4 Å². The number of nitrogens with two attached hydrogens (primary N) is 1. The van der Waals surface area contributed by atoms with Gasteiger partial charge in [-0.2, -0.15) is 0 Å². The molecule has 0 aliphatic carbocycles. The van der Waals surface area contributed by atoms with Crippen molar-refractivity contribution < 1.29 is 4.79 Å². The molecule has 1 amide bonds. The van der Waals surface area contributed by atoms with Gasteiger partial charge in [0.1, 0.15) is 0 Å². The highest BCUT2D eigenvalue weighted by molar-refractivity contribution is 5.77. The van der Waals surface area contributed by atoms with Crippen molar-refractivity contribution in [3.63, 3.8) is 0 Å². The van der Waals surface area contributed by atoms with Crippen molar-refractivity contribution in [2.45, 2.75) is 51.1 Å². The lowest BCUT2D eigenvalue weighted by molar-refractivity contribution is -0.125. The maximum Gasteiger partial charge on any atom is 0.220 e. The second-order valence-electron chi connectivity index (χ2n) is 5.40. The zero-order chi connectivity index (χ0) is 12.3. The number of piperidine rings is 2. The van der Waals surface area contributed by atoms with E-state index in [2.05, 4.69) is 17.1 Å². The van der Waals surface area contributed by atoms with Crippen LogP contribution in [0.5, 0.6) is 0 Å². The second kappa shape index (κ2) is 5.83. The zero-order valence-corrected chi connectivity index (χ0v) is 10.8. The van der Waals surface area contributed by atoms with Crippen molar-refractivity contribution in [2.75, 3.05) is 19.6 Å². The number of hydrogen-bond acceptors (Lipinski definition) is 3. The molecule has 0 aromatic rings. The quantitative estimate of drug-likeness (QED) is 0.760. The van der Waals surface area contributed by atoms with Gasteiger partial charge in [-0.05, 0) is 38.1 Å². The van der Waals surface area contributed by atoms with Crippen LogP contribution in [0.15, 0.2) is 0 Å². The third-order valence-corrected chi connectivity index (χ3v) is 4.34. The van der Waals surface area contributed by atoms with Crippen molar-refractivity contribution in [1.82, 2.24) is 10.2 Å². The Kier molecular flexibility index (Phi) is 4.40. The van der Waals surface area contributed by atoms with Crippen molar-refractivity contribution in [3.05, 3.63) is 0 Å². The van der Waals surface area contributed by atoms with Gasteiger partial charge in [-0.1, -0.05) is 6.92 Å². The summed E-state index contributed by atoms with van der Waals surface area (Å²) in [5, 5.41) is 3.14. The molecule has 0 spiro atoms. The average Bonchev–Trinajstić information content (AvgIpc) is 2.35. The molecule has 0 radical (unpaired) electrons. The molecular weight excluding hydrogens is 214 g/mol.